The van der Waals surface area contributed by atoms with Crippen LogP contribution in [0.3, 0.4) is 0 Å². The van der Waals surface area contributed by atoms with Crippen molar-refractivity contribution in [2.45, 2.75) is 19.8 Å². The molecule has 4 N–H and O–H groups in total. The number of carbonyl (C=O) groups excluding carboxylic acids is 3. The molecule has 9 nitrogen and oxygen atoms in total. The maximum Gasteiger partial charge on any atom is 0.433 e. The first-order chi connectivity index (χ1) is 8.51. The summed E-state index contributed by atoms with van der Waals surface area (Å²) in [4.78, 5) is 36.7. The number of amides is 4. The lowest BCUT2D eigenvalue weighted by Crippen LogP contribution is -2.39. The lowest BCUT2D eigenvalue weighted by Gasteiger charge is -2.01. The lowest BCUT2D eigenvalue weighted by atomic mass is 10.3. The van der Waals surface area contributed by atoms with E-state index in [1.54, 1.807) is 5.32 Å². The van der Waals surface area contributed by atoms with Crippen LogP contribution in [0, 0.1) is 11.3 Å². The number of oxime groups is 1. The molecule has 0 rings (SSSR count). The van der Waals surface area contributed by atoms with Gasteiger partial charge in [0.05, 0.1) is 0 Å². The Morgan fingerprint density at radius 3 is 2.61 bits per heavy atom. The van der Waals surface area contributed by atoms with Crippen LogP contribution < -0.4 is 16.4 Å². The maximum absolute atomic E-state index is 11.1. The zero-order valence-electron chi connectivity index (χ0n) is 9.73. The lowest BCUT2D eigenvalue weighted by molar-refractivity contribution is -0.113. The van der Waals surface area contributed by atoms with Gasteiger partial charge < -0.3 is 11.1 Å². The number of nitrogens with zero attached hydrogens (tertiary/aromatic N) is 2. The molecule has 0 saturated carbocycles. The van der Waals surface area contributed by atoms with Crippen molar-refractivity contribution < 1.29 is 19.2 Å². The number of unbranched alkanes of at least 4 members (excludes halogenated alkanes) is 1. The minimum absolute atomic E-state index is 0.389. The predicted molar refractivity (Wildman–Crippen MR) is 60.2 cm³/mol. The van der Waals surface area contributed by atoms with Crippen molar-refractivity contribution in [2.75, 3.05) is 6.54 Å². The summed E-state index contributed by atoms with van der Waals surface area (Å²) in [6.07, 6.45) is 0.739. The number of carbonyl (C=O) groups is 3. The number of urea groups is 1. The number of imide groups is 1. The molecule has 0 aromatic rings. The summed E-state index contributed by atoms with van der Waals surface area (Å²) < 4.78 is 0. The van der Waals surface area contributed by atoms with Crippen molar-refractivity contribution >= 4 is 23.7 Å². The molecule has 0 atom stereocenters. The molecule has 0 radical (unpaired) electrons. The summed E-state index contributed by atoms with van der Waals surface area (Å²) in [5.74, 6) is -1.15. The second-order valence-corrected chi connectivity index (χ2v) is 3.03. The number of rotatable bonds is 5. The van der Waals surface area contributed by atoms with E-state index in [1.165, 1.54) is 6.07 Å². The van der Waals surface area contributed by atoms with Gasteiger partial charge in [0.2, 0.25) is 5.71 Å². The predicted octanol–water partition coefficient (Wildman–Crippen LogP) is -0.413. The van der Waals surface area contributed by atoms with Crippen molar-refractivity contribution in [3.63, 3.8) is 0 Å². The second-order valence-electron chi connectivity index (χ2n) is 3.03. The van der Waals surface area contributed by atoms with Gasteiger partial charge in [-0.1, -0.05) is 18.5 Å². The average molecular weight is 255 g/mol. The number of nitriles is 1. The summed E-state index contributed by atoms with van der Waals surface area (Å²) in [5.41, 5.74) is 3.88. The SMILES string of the molecule is CCCCNC(=O)ON=C(C#N)C(=O)NC(N)=O. The molecule has 0 heterocycles. The van der Waals surface area contributed by atoms with E-state index in [2.05, 4.69) is 21.0 Å². The van der Waals surface area contributed by atoms with E-state index in [0.29, 0.717) is 6.54 Å². The molecular weight excluding hydrogens is 242 g/mol. The van der Waals surface area contributed by atoms with Crippen molar-refractivity contribution in [3.8, 4) is 6.07 Å². The van der Waals surface area contributed by atoms with Gasteiger partial charge in [-0.05, 0) is 6.42 Å². The molecule has 0 aliphatic heterocycles. The highest BCUT2D eigenvalue weighted by molar-refractivity contribution is 6.46. The van der Waals surface area contributed by atoms with Gasteiger partial charge >= 0.3 is 12.1 Å². The van der Waals surface area contributed by atoms with Crippen LogP contribution >= 0.6 is 0 Å². The fourth-order valence-corrected chi connectivity index (χ4v) is 0.770. The van der Waals surface area contributed by atoms with E-state index in [0.717, 1.165) is 12.8 Å². The maximum atomic E-state index is 11.1. The molecule has 9 heteroatoms. The highest BCUT2D eigenvalue weighted by atomic mass is 16.7. The Morgan fingerprint density at radius 2 is 2.11 bits per heavy atom. The molecule has 0 bridgehead atoms. The largest absolute Gasteiger partial charge is 0.433 e. The summed E-state index contributed by atoms with van der Waals surface area (Å²) in [5, 5.41) is 15.5. The minimum Gasteiger partial charge on any atom is -0.351 e. The molecule has 0 aromatic heterocycles. The zero-order chi connectivity index (χ0) is 14.0. The van der Waals surface area contributed by atoms with Gasteiger partial charge in [-0.3, -0.25) is 14.9 Å². The van der Waals surface area contributed by atoms with Gasteiger partial charge in [-0.15, -0.1) is 0 Å². The molecular formula is C9H13N5O4. The van der Waals surface area contributed by atoms with E-state index >= 15 is 0 Å². The molecule has 0 aliphatic rings. The molecule has 0 unspecified atom stereocenters. The van der Waals surface area contributed by atoms with Gasteiger partial charge in [0.15, 0.2) is 0 Å². The number of hydrogen-bond donors (Lipinski definition) is 3. The van der Waals surface area contributed by atoms with Crippen LogP contribution in [0.5, 0.6) is 0 Å². The first-order valence-electron chi connectivity index (χ1n) is 5.05. The number of primary amides is 1. The monoisotopic (exact) mass is 255 g/mol. The van der Waals surface area contributed by atoms with E-state index in [-0.39, 0.29) is 0 Å². The molecule has 0 saturated heterocycles. The third-order valence-electron chi connectivity index (χ3n) is 1.58. The van der Waals surface area contributed by atoms with Crippen LogP contribution in [0.1, 0.15) is 19.8 Å². The van der Waals surface area contributed by atoms with Gasteiger partial charge in [-0.2, -0.15) is 5.26 Å². The normalized spacial score (nSPS) is 10.1. The van der Waals surface area contributed by atoms with Crippen LogP contribution in [0.4, 0.5) is 9.59 Å². The summed E-state index contributed by atoms with van der Waals surface area (Å²) >= 11 is 0. The number of hydrogen-bond acceptors (Lipinski definition) is 6. The standard InChI is InChI=1S/C9H13N5O4/c1-2-3-4-12-9(17)18-14-6(5-10)7(15)13-8(11)16/h2-4H2,1H3,(H,12,17)(H3,11,13,15,16). The summed E-state index contributed by atoms with van der Waals surface area (Å²) in [7, 11) is 0. The van der Waals surface area contributed by atoms with Crippen LogP contribution in [-0.2, 0) is 9.63 Å². The Balaban J connectivity index is 4.28. The van der Waals surface area contributed by atoms with Crippen LogP contribution in [0.2, 0.25) is 0 Å². The topological polar surface area (TPSA) is 147 Å². The molecule has 0 fully saturated rings. The van der Waals surface area contributed by atoms with E-state index in [9.17, 15) is 14.4 Å². The Kier molecular flexibility index (Phi) is 7.27. The summed E-state index contributed by atoms with van der Waals surface area (Å²) in [6.45, 7) is 2.33. The third kappa shape index (κ3) is 6.78. The fourth-order valence-electron chi connectivity index (χ4n) is 0.770. The molecule has 98 valence electrons. The molecule has 0 aliphatic carbocycles. The van der Waals surface area contributed by atoms with E-state index < -0.39 is 23.7 Å². The van der Waals surface area contributed by atoms with Gasteiger partial charge in [0.1, 0.15) is 6.07 Å². The third-order valence-corrected chi connectivity index (χ3v) is 1.58. The zero-order valence-corrected chi connectivity index (χ0v) is 9.73. The molecule has 4 amide bonds. The Bertz CT molecular complexity index is 398. The van der Waals surface area contributed by atoms with Gasteiger partial charge in [-0.25, -0.2) is 9.59 Å². The molecule has 18 heavy (non-hydrogen) atoms. The highest BCUT2D eigenvalue weighted by Crippen LogP contribution is 1.87. The quantitative estimate of drug-likeness (QED) is 0.264. The van der Waals surface area contributed by atoms with Crippen molar-refractivity contribution in [2.24, 2.45) is 10.9 Å². The van der Waals surface area contributed by atoms with Crippen LogP contribution in [0.25, 0.3) is 0 Å². The van der Waals surface area contributed by atoms with Gasteiger partial charge in [0, 0.05) is 6.54 Å². The first kappa shape index (κ1) is 15.4. The highest BCUT2D eigenvalue weighted by Gasteiger charge is 2.14. The van der Waals surface area contributed by atoms with Crippen molar-refractivity contribution in [3.05, 3.63) is 0 Å². The van der Waals surface area contributed by atoms with Crippen LogP contribution in [-0.4, -0.2) is 30.3 Å². The Hall–Kier alpha value is -2.63. The molecule has 0 aromatic carbocycles. The first-order valence-corrected chi connectivity index (χ1v) is 5.05. The Morgan fingerprint density at radius 1 is 1.44 bits per heavy atom. The second kappa shape index (κ2) is 8.51. The summed E-state index contributed by atoms with van der Waals surface area (Å²) in [6, 6.07) is 0.212. The van der Waals surface area contributed by atoms with E-state index in [4.69, 9.17) is 5.26 Å². The number of nitrogens with two attached hydrogens (primary N) is 1. The van der Waals surface area contributed by atoms with Crippen LogP contribution in [0.15, 0.2) is 5.16 Å². The van der Waals surface area contributed by atoms with Gasteiger partial charge in [0.25, 0.3) is 5.91 Å². The van der Waals surface area contributed by atoms with Crippen molar-refractivity contribution in [1.29, 1.82) is 5.26 Å². The van der Waals surface area contributed by atoms with E-state index in [1.807, 2.05) is 6.92 Å². The molecule has 0 spiro atoms. The minimum atomic E-state index is -1.15. The average Bonchev–Trinajstić information content (AvgIpc) is 2.29. The Labute approximate surface area is 103 Å². The number of nitrogens with one attached hydrogen (secondary N) is 2. The van der Waals surface area contributed by atoms with Crippen molar-refractivity contribution in [1.82, 2.24) is 10.6 Å². The smallest absolute Gasteiger partial charge is 0.351 e. The fraction of sp³-hybridized carbons (Fsp3) is 0.444.